The van der Waals surface area contributed by atoms with Crippen molar-refractivity contribution in [3.63, 3.8) is 0 Å². The van der Waals surface area contributed by atoms with Gasteiger partial charge in [-0.15, -0.1) is 0 Å². The number of unbranched alkanes of at least 4 members (excludes halogenated alkanes) is 5. The Hall–Kier alpha value is -1.36. The summed E-state index contributed by atoms with van der Waals surface area (Å²) in [4.78, 5) is 23.1. The largest absolute Gasteiger partial charge is 0.462 e. The SMILES string of the molecule is CC=C(C)C(=O)OC(CO)COC(=O)CCCCCCCC. The quantitative estimate of drug-likeness (QED) is 0.340. The molecule has 0 aromatic carbocycles. The van der Waals surface area contributed by atoms with E-state index in [4.69, 9.17) is 14.6 Å². The van der Waals surface area contributed by atoms with Gasteiger partial charge >= 0.3 is 11.9 Å². The Balaban J connectivity index is 3.83. The number of allylic oxidation sites excluding steroid dienone is 1. The van der Waals surface area contributed by atoms with Gasteiger partial charge in [-0.2, -0.15) is 0 Å². The lowest BCUT2D eigenvalue weighted by atomic mass is 10.1. The van der Waals surface area contributed by atoms with Crippen LogP contribution in [0, 0.1) is 0 Å². The molecule has 22 heavy (non-hydrogen) atoms. The van der Waals surface area contributed by atoms with E-state index in [-0.39, 0.29) is 19.2 Å². The first-order valence-electron chi connectivity index (χ1n) is 8.15. The van der Waals surface area contributed by atoms with Gasteiger partial charge in [0.15, 0.2) is 6.10 Å². The fourth-order valence-electron chi connectivity index (χ4n) is 1.79. The average molecular weight is 314 g/mol. The van der Waals surface area contributed by atoms with Crippen LogP contribution in [0.2, 0.25) is 0 Å². The molecule has 0 aromatic heterocycles. The Morgan fingerprint density at radius 2 is 1.77 bits per heavy atom. The molecule has 5 heteroatoms. The second-order valence-electron chi connectivity index (χ2n) is 5.38. The predicted octanol–water partition coefficient (Wildman–Crippen LogP) is 3.15. The average Bonchev–Trinajstić information content (AvgIpc) is 2.53. The van der Waals surface area contributed by atoms with Crippen LogP contribution in [-0.4, -0.2) is 36.4 Å². The summed E-state index contributed by atoms with van der Waals surface area (Å²) in [6.45, 7) is 5.05. The number of esters is 2. The zero-order chi connectivity index (χ0) is 16.8. The lowest BCUT2D eigenvalue weighted by Crippen LogP contribution is -2.28. The summed E-state index contributed by atoms with van der Waals surface area (Å²) in [7, 11) is 0. The highest BCUT2D eigenvalue weighted by molar-refractivity contribution is 5.87. The molecule has 0 aromatic rings. The summed E-state index contributed by atoms with van der Waals surface area (Å²) < 4.78 is 10.1. The molecule has 0 radical (unpaired) electrons. The first kappa shape index (κ1) is 20.6. The van der Waals surface area contributed by atoms with Crippen LogP contribution < -0.4 is 0 Å². The van der Waals surface area contributed by atoms with Crippen LogP contribution in [0.5, 0.6) is 0 Å². The molecule has 0 heterocycles. The van der Waals surface area contributed by atoms with E-state index in [1.165, 1.54) is 19.3 Å². The van der Waals surface area contributed by atoms with Gasteiger partial charge < -0.3 is 14.6 Å². The molecule has 0 saturated carbocycles. The van der Waals surface area contributed by atoms with Crippen LogP contribution in [0.25, 0.3) is 0 Å². The molecule has 0 fully saturated rings. The van der Waals surface area contributed by atoms with Gasteiger partial charge in [-0.1, -0.05) is 45.1 Å². The molecule has 0 amide bonds. The van der Waals surface area contributed by atoms with E-state index in [0.29, 0.717) is 12.0 Å². The predicted molar refractivity (Wildman–Crippen MR) is 85.3 cm³/mol. The second-order valence-corrected chi connectivity index (χ2v) is 5.38. The zero-order valence-corrected chi connectivity index (χ0v) is 14.1. The van der Waals surface area contributed by atoms with E-state index in [1.54, 1.807) is 19.9 Å². The van der Waals surface area contributed by atoms with Gasteiger partial charge in [0.1, 0.15) is 6.61 Å². The van der Waals surface area contributed by atoms with Gasteiger partial charge in [-0.25, -0.2) is 4.79 Å². The van der Waals surface area contributed by atoms with Crippen molar-refractivity contribution in [3.05, 3.63) is 11.6 Å². The lowest BCUT2D eigenvalue weighted by molar-refractivity contribution is -0.158. The third kappa shape index (κ3) is 10.4. The molecule has 0 bridgehead atoms. The Morgan fingerprint density at radius 1 is 1.14 bits per heavy atom. The summed E-state index contributed by atoms with van der Waals surface area (Å²) in [5.41, 5.74) is 0.455. The minimum absolute atomic E-state index is 0.103. The Morgan fingerprint density at radius 3 is 2.36 bits per heavy atom. The van der Waals surface area contributed by atoms with Gasteiger partial charge in [0, 0.05) is 12.0 Å². The number of rotatable bonds is 12. The third-order valence-corrected chi connectivity index (χ3v) is 3.40. The monoisotopic (exact) mass is 314 g/mol. The molecule has 0 saturated heterocycles. The fourth-order valence-corrected chi connectivity index (χ4v) is 1.79. The van der Waals surface area contributed by atoms with Gasteiger partial charge in [-0.3, -0.25) is 4.79 Å². The number of hydrogen-bond acceptors (Lipinski definition) is 5. The van der Waals surface area contributed by atoms with Crippen LogP contribution in [-0.2, 0) is 19.1 Å². The molecule has 0 spiro atoms. The maximum Gasteiger partial charge on any atom is 0.333 e. The number of carbonyl (C=O) groups excluding carboxylic acids is 2. The lowest BCUT2D eigenvalue weighted by Gasteiger charge is -2.15. The van der Waals surface area contributed by atoms with Crippen LogP contribution in [0.15, 0.2) is 11.6 Å². The molecule has 1 unspecified atom stereocenters. The number of ether oxygens (including phenoxy) is 2. The van der Waals surface area contributed by atoms with Crippen LogP contribution in [0.1, 0.15) is 65.7 Å². The van der Waals surface area contributed by atoms with Crippen molar-refractivity contribution in [1.82, 2.24) is 0 Å². The van der Waals surface area contributed by atoms with E-state index in [2.05, 4.69) is 6.92 Å². The molecule has 128 valence electrons. The zero-order valence-electron chi connectivity index (χ0n) is 14.1. The number of carbonyl (C=O) groups is 2. The number of aliphatic hydroxyl groups excluding tert-OH is 1. The van der Waals surface area contributed by atoms with Crippen molar-refractivity contribution in [2.45, 2.75) is 71.8 Å². The Kier molecular flexibility index (Phi) is 12.5. The summed E-state index contributed by atoms with van der Waals surface area (Å²) >= 11 is 0. The molecular formula is C17H30O5. The highest BCUT2D eigenvalue weighted by atomic mass is 16.6. The Labute approximate surface area is 133 Å². The number of aliphatic hydroxyl groups is 1. The minimum atomic E-state index is -0.809. The molecule has 0 aliphatic heterocycles. The van der Waals surface area contributed by atoms with Crippen molar-refractivity contribution in [2.75, 3.05) is 13.2 Å². The molecular weight excluding hydrogens is 284 g/mol. The first-order valence-corrected chi connectivity index (χ1v) is 8.15. The highest BCUT2D eigenvalue weighted by Gasteiger charge is 2.16. The molecule has 1 atom stereocenters. The summed E-state index contributed by atoms with van der Waals surface area (Å²) in [5, 5.41) is 9.15. The van der Waals surface area contributed by atoms with Gasteiger partial charge in [0.05, 0.1) is 6.61 Å². The second kappa shape index (κ2) is 13.3. The summed E-state index contributed by atoms with van der Waals surface area (Å²) in [5.74, 6) is -0.818. The smallest absolute Gasteiger partial charge is 0.333 e. The standard InChI is InChI=1S/C17H30O5/c1-4-6-7-8-9-10-11-16(19)21-13-15(12-18)22-17(20)14(3)5-2/h5,15,18H,4,6-13H2,1-3H3. The fraction of sp³-hybridized carbons (Fsp3) is 0.765. The maximum atomic E-state index is 11.6. The highest BCUT2D eigenvalue weighted by Crippen LogP contribution is 2.08. The third-order valence-electron chi connectivity index (χ3n) is 3.40. The van der Waals surface area contributed by atoms with Crippen molar-refractivity contribution in [2.24, 2.45) is 0 Å². The van der Waals surface area contributed by atoms with Crippen LogP contribution in [0.4, 0.5) is 0 Å². The molecule has 0 rings (SSSR count). The van der Waals surface area contributed by atoms with Gasteiger partial charge in [0.2, 0.25) is 0 Å². The summed E-state index contributed by atoms with van der Waals surface area (Å²) in [6, 6.07) is 0. The maximum absolute atomic E-state index is 11.6. The van der Waals surface area contributed by atoms with Crippen molar-refractivity contribution >= 4 is 11.9 Å². The summed E-state index contributed by atoms with van der Waals surface area (Å²) in [6.07, 6.45) is 7.80. The first-order chi connectivity index (χ1) is 10.5. The molecule has 0 aliphatic rings. The van der Waals surface area contributed by atoms with Crippen LogP contribution in [0.3, 0.4) is 0 Å². The van der Waals surface area contributed by atoms with Crippen molar-refractivity contribution in [3.8, 4) is 0 Å². The Bertz CT molecular complexity index is 349. The normalized spacial score (nSPS) is 12.8. The van der Waals surface area contributed by atoms with Crippen LogP contribution >= 0.6 is 0 Å². The van der Waals surface area contributed by atoms with E-state index in [0.717, 1.165) is 19.3 Å². The number of hydrogen-bond donors (Lipinski definition) is 1. The van der Waals surface area contributed by atoms with E-state index in [9.17, 15) is 9.59 Å². The minimum Gasteiger partial charge on any atom is -0.462 e. The van der Waals surface area contributed by atoms with Gasteiger partial charge in [0.25, 0.3) is 0 Å². The topological polar surface area (TPSA) is 72.8 Å². The molecule has 1 N–H and O–H groups in total. The van der Waals surface area contributed by atoms with Gasteiger partial charge in [-0.05, 0) is 20.3 Å². The van der Waals surface area contributed by atoms with E-state index in [1.807, 2.05) is 0 Å². The van der Waals surface area contributed by atoms with Crippen molar-refractivity contribution in [1.29, 1.82) is 0 Å². The van der Waals surface area contributed by atoms with E-state index >= 15 is 0 Å². The molecule has 5 nitrogen and oxygen atoms in total. The molecule has 0 aliphatic carbocycles. The van der Waals surface area contributed by atoms with Crippen molar-refractivity contribution < 1.29 is 24.2 Å². The van der Waals surface area contributed by atoms with E-state index < -0.39 is 12.1 Å².